The van der Waals surface area contributed by atoms with E-state index in [-0.39, 0.29) is 23.9 Å². The highest BCUT2D eigenvalue weighted by molar-refractivity contribution is 9.11. The van der Waals surface area contributed by atoms with Gasteiger partial charge in [0.25, 0.3) is 0 Å². The molecule has 2 aliphatic carbocycles. The largest absolute Gasteiger partial charge is 0.367 e. The lowest BCUT2D eigenvalue weighted by Crippen LogP contribution is -2.47. The van der Waals surface area contributed by atoms with E-state index in [9.17, 15) is 0 Å². The molecule has 0 aromatic rings. The Labute approximate surface area is 155 Å². The Morgan fingerprint density at radius 1 is 1.25 bits per heavy atom. The van der Waals surface area contributed by atoms with Gasteiger partial charge in [-0.05, 0) is 45.1 Å². The van der Waals surface area contributed by atoms with Gasteiger partial charge in [0.1, 0.15) is 6.10 Å². The highest BCUT2D eigenvalue weighted by Crippen LogP contribution is 2.51. The number of rotatable bonds is 2. The third-order valence-electron chi connectivity index (χ3n) is 5.60. The van der Waals surface area contributed by atoms with Crippen molar-refractivity contribution in [2.75, 3.05) is 0 Å². The van der Waals surface area contributed by atoms with Crippen molar-refractivity contribution in [3.05, 3.63) is 10.6 Å². The van der Waals surface area contributed by atoms with Crippen molar-refractivity contribution in [3.63, 3.8) is 0 Å². The molecule has 1 heterocycles. The first-order valence-electron chi connectivity index (χ1n) is 9.50. The molecule has 3 rings (SSSR count). The summed E-state index contributed by atoms with van der Waals surface area (Å²) in [5, 5.41) is 0. The molecule has 24 heavy (non-hydrogen) atoms. The molecule has 0 aromatic heterocycles. The van der Waals surface area contributed by atoms with Crippen LogP contribution in [0.15, 0.2) is 10.6 Å². The first kappa shape index (κ1) is 18.9. The van der Waals surface area contributed by atoms with Gasteiger partial charge in [0.2, 0.25) is 0 Å². The maximum Gasteiger partial charge on any atom is 0.173 e. The lowest BCUT2D eigenvalue weighted by molar-refractivity contribution is -0.242. The monoisotopic (exact) mass is 400 g/mol. The zero-order valence-corrected chi connectivity index (χ0v) is 17.6. The number of halogens is 1. The van der Waals surface area contributed by atoms with Crippen molar-refractivity contribution in [1.82, 2.24) is 0 Å². The van der Waals surface area contributed by atoms with E-state index in [0.717, 1.165) is 17.3 Å². The quantitative estimate of drug-likeness (QED) is 0.618. The van der Waals surface area contributed by atoms with Crippen LogP contribution in [-0.2, 0) is 14.2 Å². The maximum atomic E-state index is 6.66. The van der Waals surface area contributed by atoms with E-state index in [0.29, 0.717) is 17.8 Å². The summed E-state index contributed by atoms with van der Waals surface area (Å²) < 4.78 is 20.6. The van der Waals surface area contributed by atoms with Gasteiger partial charge in [-0.3, -0.25) is 0 Å². The normalized spacial score (nSPS) is 43.2. The van der Waals surface area contributed by atoms with Crippen molar-refractivity contribution in [1.29, 1.82) is 0 Å². The van der Waals surface area contributed by atoms with Crippen LogP contribution in [0, 0.1) is 17.8 Å². The molecule has 0 N–H and O–H groups in total. The minimum Gasteiger partial charge on any atom is -0.367 e. The van der Waals surface area contributed by atoms with Crippen LogP contribution < -0.4 is 0 Å². The lowest BCUT2D eigenvalue weighted by Gasteiger charge is -2.44. The molecule has 3 nitrogen and oxygen atoms in total. The topological polar surface area (TPSA) is 27.7 Å². The fourth-order valence-corrected chi connectivity index (χ4v) is 5.18. The molecule has 0 bridgehead atoms. The minimum absolute atomic E-state index is 0.0470. The molecular formula is C20H33BrO3. The summed E-state index contributed by atoms with van der Waals surface area (Å²) in [6, 6.07) is 0. The number of fused-ring (bicyclic) bond motifs is 1. The van der Waals surface area contributed by atoms with Gasteiger partial charge in [-0.25, -0.2) is 0 Å². The van der Waals surface area contributed by atoms with Crippen molar-refractivity contribution in [2.24, 2.45) is 17.8 Å². The van der Waals surface area contributed by atoms with Crippen molar-refractivity contribution in [2.45, 2.75) is 96.9 Å². The Bertz CT molecular complexity index is 496. The Morgan fingerprint density at radius 3 is 2.58 bits per heavy atom. The smallest absolute Gasteiger partial charge is 0.173 e. The van der Waals surface area contributed by atoms with Crippen LogP contribution >= 0.6 is 15.9 Å². The second-order valence-electron chi connectivity index (χ2n) is 9.29. The highest BCUT2D eigenvalue weighted by atomic mass is 79.9. The Morgan fingerprint density at radius 2 is 1.96 bits per heavy atom. The van der Waals surface area contributed by atoms with Crippen molar-refractivity contribution >= 4 is 15.9 Å². The molecule has 3 aliphatic rings. The molecule has 138 valence electrons. The third-order valence-corrected chi connectivity index (χ3v) is 6.37. The molecule has 1 saturated carbocycles. The molecule has 1 saturated heterocycles. The number of hydrogen-bond donors (Lipinski definition) is 0. The zero-order chi connectivity index (χ0) is 17.7. The van der Waals surface area contributed by atoms with Gasteiger partial charge >= 0.3 is 0 Å². The third kappa shape index (κ3) is 3.77. The van der Waals surface area contributed by atoms with Crippen LogP contribution in [0.3, 0.4) is 0 Å². The van der Waals surface area contributed by atoms with Gasteiger partial charge < -0.3 is 14.2 Å². The summed E-state index contributed by atoms with van der Waals surface area (Å²) in [6.07, 6.45) is 6.74. The highest BCUT2D eigenvalue weighted by Gasteiger charge is 2.56. The molecule has 0 aromatic carbocycles. The van der Waals surface area contributed by atoms with E-state index < -0.39 is 5.79 Å². The molecule has 6 atom stereocenters. The van der Waals surface area contributed by atoms with E-state index >= 15 is 0 Å². The van der Waals surface area contributed by atoms with E-state index in [4.69, 9.17) is 14.2 Å². The first-order valence-corrected chi connectivity index (χ1v) is 10.3. The molecule has 0 radical (unpaired) electrons. The molecule has 0 unspecified atom stereocenters. The second-order valence-corrected chi connectivity index (χ2v) is 10.2. The zero-order valence-electron chi connectivity index (χ0n) is 16.0. The Balaban J connectivity index is 1.79. The van der Waals surface area contributed by atoms with Crippen LogP contribution in [0.2, 0.25) is 0 Å². The van der Waals surface area contributed by atoms with Crippen LogP contribution in [0.4, 0.5) is 0 Å². The average Bonchev–Trinajstić information content (AvgIpc) is 2.73. The summed E-state index contributed by atoms with van der Waals surface area (Å²) in [5.41, 5.74) is -0.165. The fourth-order valence-electron chi connectivity index (χ4n) is 4.64. The molecule has 2 fully saturated rings. The standard InChI is InChI=1S/C20H33BrO3/c1-12(2)14-8-7-13(3)11-20(14)23-17-9-15(21)16(10-18(17)24-20)22-19(4,5)6/h9,12-14,16-18H,7-8,10-11H2,1-6H3/t13-,14+,16-,17-,18+,20-/m1/s1. The minimum atomic E-state index is -0.401. The molecular weight excluding hydrogens is 368 g/mol. The van der Waals surface area contributed by atoms with Gasteiger partial charge in [0, 0.05) is 23.2 Å². The first-order chi connectivity index (χ1) is 11.1. The van der Waals surface area contributed by atoms with Gasteiger partial charge in [-0.1, -0.05) is 43.1 Å². The number of ether oxygens (including phenoxy) is 3. The van der Waals surface area contributed by atoms with Gasteiger partial charge in [0.05, 0.1) is 17.8 Å². The SMILES string of the molecule is CC(C)[C@@H]1CC[C@@H](C)C[C@@]12O[C@H]1C[C@@H](OC(C)(C)C)C(Br)=C[C@H]1O2. The average molecular weight is 401 g/mol. The summed E-state index contributed by atoms with van der Waals surface area (Å²) in [5.74, 6) is 1.32. The lowest BCUT2D eigenvalue weighted by atomic mass is 9.73. The van der Waals surface area contributed by atoms with Crippen molar-refractivity contribution in [3.8, 4) is 0 Å². The molecule has 0 amide bonds. The molecule has 4 heteroatoms. The summed E-state index contributed by atoms with van der Waals surface area (Å²) in [7, 11) is 0. The van der Waals surface area contributed by atoms with Crippen LogP contribution in [0.25, 0.3) is 0 Å². The maximum absolute atomic E-state index is 6.66. The number of hydrogen-bond acceptors (Lipinski definition) is 3. The second kappa shape index (κ2) is 6.68. The van der Waals surface area contributed by atoms with Crippen LogP contribution in [-0.4, -0.2) is 29.7 Å². The fraction of sp³-hybridized carbons (Fsp3) is 0.900. The summed E-state index contributed by atoms with van der Waals surface area (Å²) in [4.78, 5) is 0. The predicted molar refractivity (Wildman–Crippen MR) is 100 cm³/mol. The van der Waals surface area contributed by atoms with E-state index in [1.165, 1.54) is 12.8 Å². The summed E-state index contributed by atoms with van der Waals surface area (Å²) >= 11 is 3.71. The van der Waals surface area contributed by atoms with Gasteiger partial charge in [-0.2, -0.15) is 0 Å². The van der Waals surface area contributed by atoms with Crippen molar-refractivity contribution < 1.29 is 14.2 Å². The predicted octanol–water partition coefficient (Wildman–Crippen LogP) is 5.43. The van der Waals surface area contributed by atoms with E-state index in [2.05, 4.69) is 63.5 Å². The van der Waals surface area contributed by atoms with E-state index in [1.807, 2.05) is 0 Å². The van der Waals surface area contributed by atoms with Gasteiger partial charge in [-0.15, -0.1) is 0 Å². The van der Waals surface area contributed by atoms with Gasteiger partial charge in [0.15, 0.2) is 5.79 Å². The Kier molecular flexibility index (Phi) is 5.25. The van der Waals surface area contributed by atoms with Crippen LogP contribution in [0.5, 0.6) is 0 Å². The summed E-state index contributed by atoms with van der Waals surface area (Å²) in [6.45, 7) is 13.2. The molecule has 1 spiro atoms. The Hall–Kier alpha value is 0.1000. The molecule has 1 aliphatic heterocycles. The van der Waals surface area contributed by atoms with Crippen LogP contribution in [0.1, 0.15) is 67.2 Å². The van der Waals surface area contributed by atoms with E-state index in [1.54, 1.807) is 0 Å².